The minimum Gasteiger partial charge on any atom is -0.377 e. The molecule has 0 aromatic heterocycles. The second kappa shape index (κ2) is 6.72. The first-order valence-electron chi connectivity index (χ1n) is 7.31. The topological polar surface area (TPSA) is 24.5 Å². The third-order valence-corrected chi connectivity index (χ3v) is 4.08. The molecule has 2 unspecified atom stereocenters. The van der Waals surface area contributed by atoms with Gasteiger partial charge in [0.05, 0.1) is 6.10 Å². The number of ether oxygens (including phenoxy) is 1. The largest absolute Gasteiger partial charge is 0.377 e. The monoisotopic (exact) mass is 240 g/mol. The van der Waals surface area contributed by atoms with Gasteiger partial charge >= 0.3 is 0 Å². The molecule has 1 saturated carbocycles. The van der Waals surface area contributed by atoms with Crippen LogP contribution in [0, 0.1) is 0 Å². The fourth-order valence-electron chi connectivity index (χ4n) is 2.50. The third kappa shape index (κ3) is 4.94. The van der Waals surface area contributed by atoms with Gasteiger partial charge in [0.25, 0.3) is 0 Å². The number of nitrogens with zero attached hydrogens (tertiary/aromatic N) is 1. The number of hydrogen-bond donors (Lipinski definition) is 1. The van der Waals surface area contributed by atoms with Gasteiger partial charge in [0.15, 0.2) is 0 Å². The molecule has 100 valence electrons. The fraction of sp³-hybridized carbons (Fsp3) is 1.00. The highest BCUT2D eigenvalue weighted by atomic mass is 16.5. The molecule has 0 aromatic carbocycles. The molecule has 1 heterocycles. The zero-order chi connectivity index (χ0) is 12.1. The van der Waals surface area contributed by atoms with Crippen molar-refractivity contribution in [1.82, 2.24) is 10.2 Å². The Morgan fingerprint density at radius 3 is 2.82 bits per heavy atom. The van der Waals surface area contributed by atoms with Crippen LogP contribution in [0.15, 0.2) is 0 Å². The van der Waals surface area contributed by atoms with Crippen molar-refractivity contribution >= 4 is 0 Å². The van der Waals surface area contributed by atoms with Crippen molar-refractivity contribution in [2.75, 3.05) is 26.7 Å². The Morgan fingerprint density at radius 1 is 1.35 bits per heavy atom. The molecule has 1 aliphatic carbocycles. The van der Waals surface area contributed by atoms with Gasteiger partial charge in [-0.15, -0.1) is 0 Å². The lowest BCUT2D eigenvalue weighted by atomic mass is 10.1. The highest BCUT2D eigenvalue weighted by molar-refractivity contribution is 4.80. The molecular formula is C14H28N2O. The summed E-state index contributed by atoms with van der Waals surface area (Å²) in [6.07, 6.45) is 8.38. The highest BCUT2D eigenvalue weighted by Crippen LogP contribution is 2.19. The van der Waals surface area contributed by atoms with Crippen molar-refractivity contribution in [2.45, 2.75) is 63.6 Å². The zero-order valence-corrected chi connectivity index (χ0v) is 11.5. The average Bonchev–Trinajstić information content (AvgIpc) is 3.01. The predicted octanol–water partition coefficient (Wildman–Crippen LogP) is 2.02. The van der Waals surface area contributed by atoms with Gasteiger partial charge in [-0.2, -0.15) is 0 Å². The van der Waals surface area contributed by atoms with E-state index in [0.29, 0.717) is 12.1 Å². The molecule has 17 heavy (non-hydrogen) atoms. The summed E-state index contributed by atoms with van der Waals surface area (Å²) >= 11 is 0. The first kappa shape index (κ1) is 13.3. The molecular weight excluding hydrogens is 212 g/mol. The van der Waals surface area contributed by atoms with Crippen molar-refractivity contribution in [3.8, 4) is 0 Å². The minimum atomic E-state index is 0.493. The van der Waals surface area contributed by atoms with Crippen LogP contribution in [0.3, 0.4) is 0 Å². The lowest BCUT2D eigenvalue weighted by Gasteiger charge is -2.27. The lowest BCUT2D eigenvalue weighted by molar-refractivity contribution is 0.0689. The van der Waals surface area contributed by atoms with Crippen LogP contribution in [0.25, 0.3) is 0 Å². The van der Waals surface area contributed by atoms with E-state index in [1.807, 2.05) is 0 Å². The summed E-state index contributed by atoms with van der Waals surface area (Å²) in [6, 6.07) is 1.54. The molecule has 0 aromatic rings. The summed E-state index contributed by atoms with van der Waals surface area (Å²) in [5, 5.41) is 3.58. The molecule has 3 heteroatoms. The van der Waals surface area contributed by atoms with Gasteiger partial charge in [-0.25, -0.2) is 0 Å². The van der Waals surface area contributed by atoms with Crippen LogP contribution >= 0.6 is 0 Å². The Bertz CT molecular complexity index is 212. The van der Waals surface area contributed by atoms with E-state index in [1.54, 1.807) is 0 Å². The minimum absolute atomic E-state index is 0.493. The summed E-state index contributed by atoms with van der Waals surface area (Å²) in [4.78, 5) is 2.47. The molecule has 2 fully saturated rings. The molecule has 3 nitrogen and oxygen atoms in total. The van der Waals surface area contributed by atoms with Gasteiger partial charge in [-0.3, -0.25) is 0 Å². The van der Waals surface area contributed by atoms with Crippen LogP contribution in [-0.2, 0) is 4.74 Å². The molecule has 0 bridgehead atoms. The Balaban J connectivity index is 1.51. The van der Waals surface area contributed by atoms with Crippen molar-refractivity contribution in [2.24, 2.45) is 0 Å². The number of rotatable bonds is 8. The molecule has 2 atom stereocenters. The first-order valence-corrected chi connectivity index (χ1v) is 7.31. The summed E-state index contributed by atoms with van der Waals surface area (Å²) in [5.41, 5.74) is 0. The Hall–Kier alpha value is -0.120. The SMILES string of the molecule is CC(CCCNC1CC1)N(C)CC1CCCO1. The van der Waals surface area contributed by atoms with E-state index < -0.39 is 0 Å². The maximum atomic E-state index is 5.69. The van der Waals surface area contributed by atoms with Crippen LogP contribution < -0.4 is 5.32 Å². The van der Waals surface area contributed by atoms with E-state index in [4.69, 9.17) is 4.74 Å². The van der Waals surface area contributed by atoms with Crippen LogP contribution in [0.4, 0.5) is 0 Å². The van der Waals surface area contributed by atoms with E-state index >= 15 is 0 Å². The second-order valence-corrected chi connectivity index (χ2v) is 5.79. The molecule has 2 aliphatic rings. The first-order chi connectivity index (χ1) is 8.25. The van der Waals surface area contributed by atoms with E-state index in [1.165, 1.54) is 45.1 Å². The molecule has 1 saturated heterocycles. The molecule has 0 spiro atoms. The van der Waals surface area contributed by atoms with Gasteiger partial charge < -0.3 is 15.0 Å². The van der Waals surface area contributed by atoms with Gasteiger partial charge in [0.2, 0.25) is 0 Å². The highest BCUT2D eigenvalue weighted by Gasteiger charge is 2.21. The molecule has 1 aliphatic heterocycles. The molecule has 0 amide bonds. The van der Waals surface area contributed by atoms with E-state index in [0.717, 1.165) is 19.2 Å². The summed E-state index contributed by atoms with van der Waals surface area (Å²) < 4.78 is 5.69. The molecule has 2 rings (SSSR count). The lowest BCUT2D eigenvalue weighted by Crippen LogP contribution is -2.36. The standard InChI is InChI=1S/C14H28N2O/c1-12(5-3-9-15-13-7-8-13)16(2)11-14-6-4-10-17-14/h12-15H,3-11H2,1-2H3. The van der Waals surface area contributed by atoms with Crippen LogP contribution in [0.2, 0.25) is 0 Å². The number of hydrogen-bond acceptors (Lipinski definition) is 3. The Morgan fingerprint density at radius 2 is 2.18 bits per heavy atom. The van der Waals surface area contributed by atoms with Crippen LogP contribution in [0.1, 0.15) is 45.4 Å². The number of nitrogens with one attached hydrogen (secondary N) is 1. The van der Waals surface area contributed by atoms with Gasteiger partial charge in [-0.1, -0.05) is 0 Å². The molecule has 0 radical (unpaired) electrons. The van der Waals surface area contributed by atoms with Crippen molar-refractivity contribution in [3.63, 3.8) is 0 Å². The third-order valence-electron chi connectivity index (χ3n) is 4.08. The normalized spacial score (nSPS) is 26.6. The predicted molar refractivity (Wildman–Crippen MR) is 71.3 cm³/mol. The second-order valence-electron chi connectivity index (χ2n) is 5.79. The Labute approximate surface area is 106 Å². The van der Waals surface area contributed by atoms with Gasteiger partial charge in [0.1, 0.15) is 0 Å². The summed E-state index contributed by atoms with van der Waals surface area (Å²) in [5.74, 6) is 0. The zero-order valence-electron chi connectivity index (χ0n) is 11.5. The smallest absolute Gasteiger partial charge is 0.0702 e. The van der Waals surface area contributed by atoms with Crippen molar-refractivity contribution in [1.29, 1.82) is 0 Å². The maximum absolute atomic E-state index is 5.69. The van der Waals surface area contributed by atoms with E-state index in [9.17, 15) is 0 Å². The summed E-state index contributed by atoms with van der Waals surface area (Å²) in [7, 11) is 2.24. The van der Waals surface area contributed by atoms with Crippen molar-refractivity contribution in [3.05, 3.63) is 0 Å². The summed E-state index contributed by atoms with van der Waals surface area (Å²) in [6.45, 7) is 5.62. The van der Waals surface area contributed by atoms with Crippen LogP contribution in [0.5, 0.6) is 0 Å². The number of likely N-dealkylation sites (N-methyl/N-ethyl adjacent to an activating group) is 1. The van der Waals surface area contributed by atoms with E-state index in [2.05, 4.69) is 24.2 Å². The van der Waals surface area contributed by atoms with Crippen molar-refractivity contribution < 1.29 is 4.74 Å². The van der Waals surface area contributed by atoms with E-state index in [-0.39, 0.29) is 0 Å². The van der Waals surface area contributed by atoms with Gasteiger partial charge in [0, 0.05) is 25.2 Å². The van der Waals surface area contributed by atoms with Gasteiger partial charge in [-0.05, 0) is 59.0 Å². The fourth-order valence-corrected chi connectivity index (χ4v) is 2.50. The Kier molecular flexibility index (Phi) is 5.26. The quantitative estimate of drug-likeness (QED) is 0.657. The maximum Gasteiger partial charge on any atom is 0.0702 e. The average molecular weight is 240 g/mol. The van der Waals surface area contributed by atoms with Crippen LogP contribution in [-0.4, -0.2) is 49.8 Å². The molecule has 1 N–H and O–H groups in total.